The lowest BCUT2D eigenvalue weighted by atomic mass is 9.94. The maximum Gasteiger partial charge on any atom is 0.273 e. The molecule has 1 atom stereocenters. The first-order valence-electron chi connectivity index (χ1n) is 10.3. The van der Waals surface area contributed by atoms with Gasteiger partial charge in [0.15, 0.2) is 0 Å². The number of benzene rings is 2. The van der Waals surface area contributed by atoms with Crippen LogP contribution in [0.15, 0.2) is 66.7 Å². The number of carbonyl (C=O) groups excluding carboxylic acids is 2. The van der Waals surface area contributed by atoms with E-state index in [0.29, 0.717) is 25.3 Å². The monoisotopic (exact) mass is 402 g/mol. The third kappa shape index (κ3) is 3.61. The first kappa shape index (κ1) is 19.9. The Kier molecular flexibility index (Phi) is 5.40. The van der Waals surface area contributed by atoms with Gasteiger partial charge in [-0.1, -0.05) is 67.6 Å². The summed E-state index contributed by atoms with van der Waals surface area (Å²) in [6.45, 7) is 5.09. The molecule has 6 heteroatoms. The second-order valence-electron chi connectivity index (χ2n) is 7.84. The average molecular weight is 402 g/mol. The molecule has 30 heavy (non-hydrogen) atoms. The van der Waals surface area contributed by atoms with Crippen molar-refractivity contribution < 1.29 is 9.59 Å². The molecule has 2 amide bonds. The molecule has 1 aliphatic heterocycles. The van der Waals surface area contributed by atoms with Crippen LogP contribution in [0.3, 0.4) is 0 Å². The molecule has 0 aliphatic carbocycles. The van der Waals surface area contributed by atoms with Gasteiger partial charge in [-0.3, -0.25) is 14.3 Å². The van der Waals surface area contributed by atoms with Crippen LogP contribution in [0.1, 0.15) is 36.3 Å². The van der Waals surface area contributed by atoms with Gasteiger partial charge in [0.2, 0.25) is 5.91 Å². The fraction of sp³-hybridized carbons (Fsp3) is 0.292. The summed E-state index contributed by atoms with van der Waals surface area (Å²) in [5.74, 6) is -0.328. The minimum Gasteiger partial charge on any atom is -0.350 e. The van der Waals surface area contributed by atoms with Crippen molar-refractivity contribution in [1.82, 2.24) is 20.0 Å². The van der Waals surface area contributed by atoms with Crippen LogP contribution in [-0.2, 0) is 17.9 Å². The second-order valence-corrected chi connectivity index (χ2v) is 7.84. The van der Waals surface area contributed by atoms with Crippen molar-refractivity contribution >= 4 is 11.8 Å². The van der Waals surface area contributed by atoms with Gasteiger partial charge in [0, 0.05) is 18.7 Å². The van der Waals surface area contributed by atoms with Crippen molar-refractivity contribution in [3.63, 3.8) is 0 Å². The molecule has 2 aromatic carbocycles. The molecule has 1 aromatic heterocycles. The Morgan fingerprint density at radius 1 is 1.10 bits per heavy atom. The molecule has 0 fully saturated rings. The number of nitrogens with one attached hydrogen (secondary N) is 1. The molecule has 2 heterocycles. The molecule has 6 nitrogen and oxygen atoms in total. The Bertz CT molecular complexity index is 1050. The zero-order chi connectivity index (χ0) is 21.1. The minimum absolute atomic E-state index is 0.157. The van der Waals surface area contributed by atoms with Gasteiger partial charge in [-0.05, 0) is 25.0 Å². The molecule has 0 spiro atoms. The fourth-order valence-electron chi connectivity index (χ4n) is 3.93. The van der Waals surface area contributed by atoms with Crippen LogP contribution < -0.4 is 5.32 Å². The van der Waals surface area contributed by atoms with Gasteiger partial charge in [0.25, 0.3) is 5.91 Å². The second kappa shape index (κ2) is 8.14. The lowest BCUT2D eigenvalue weighted by Gasteiger charge is -2.43. The molecule has 0 unspecified atom stereocenters. The molecular weight excluding hydrogens is 376 g/mol. The number of nitrogens with zero attached hydrogens (tertiary/aromatic N) is 3. The Hall–Kier alpha value is -3.41. The van der Waals surface area contributed by atoms with E-state index in [2.05, 4.69) is 10.4 Å². The van der Waals surface area contributed by atoms with E-state index < -0.39 is 5.54 Å². The first-order valence-corrected chi connectivity index (χ1v) is 10.3. The van der Waals surface area contributed by atoms with Crippen molar-refractivity contribution in [2.45, 2.75) is 38.9 Å². The summed E-state index contributed by atoms with van der Waals surface area (Å²) in [4.78, 5) is 28.3. The average Bonchev–Trinajstić information content (AvgIpc) is 3.20. The first-order chi connectivity index (χ1) is 14.5. The van der Waals surface area contributed by atoms with Crippen molar-refractivity contribution in [3.05, 3.63) is 78.0 Å². The highest BCUT2D eigenvalue weighted by atomic mass is 16.2. The molecule has 4 rings (SSSR count). The van der Waals surface area contributed by atoms with Gasteiger partial charge in [0.1, 0.15) is 11.2 Å². The SMILES string of the molecule is CCCN1C(=O)c2cc(-c3ccccc3)nn2C[C@@]1(C)C(=O)NCc1ccccc1. The van der Waals surface area contributed by atoms with E-state index >= 15 is 0 Å². The van der Waals surface area contributed by atoms with E-state index in [1.165, 1.54) is 0 Å². The van der Waals surface area contributed by atoms with Crippen LogP contribution in [0, 0.1) is 0 Å². The van der Waals surface area contributed by atoms with Crippen molar-refractivity contribution in [1.29, 1.82) is 0 Å². The lowest BCUT2D eigenvalue weighted by Crippen LogP contribution is -2.64. The van der Waals surface area contributed by atoms with Crippen LogP contribution in [0.2, 0.25) is 0 Å². The smallest absolute Gasteiger partial charge is 0.273 e. The van der Waals surface area contributed by atoms with E-state index in [9.17, 15) is 9.59 Å². The number of aromatic nitrogens is 2. The Morgan fingerprint density at radius 2 is 1.77 bits per heavy atom. The molecule has 3 aromatic rings. The Morgan fingerprint density at radius 3 is 2.43 bits per heavy atom. The number of amides is 2. The van der Waals surface area contributed by atoms with Gasteiger partial charge in [-0.15, -0.1) is 0 Å². The molecule has 0 bridgehead atoms. The lowest BCUT2D eigenvalue weighted by molar-refractivity contribution is -0.133. The molecule has 1 N–H and O–H groups in total. The largest absolute Gasteiger partial charge is 0.350 e. The number of hydrogen-bond donors (Lipinski definition) is 1. The summed E-state index contributed by atoms with van der Waals surface area (Å²) in [7, 11) is 0. The third-order valence-corrected chi connectivity index (χ3v) is 5.60. The van der Waals surface area contributed by atoms with E-state index in [1.54, 1.807) is 9.58 Å². The highest BCUT2D eigenvalue weighted by molar-refractivity contribution is 6.00. The number of carbonyl (C=O) groups is 2. The van der Waals surface area contributed by atoms with E-state index in [4.69, 9.17) is 0 Å². The summed E-state index contributed by atoms with van der Waals surface area (Å²) < 4.78 is 1.68. The summed E-state index contributed by atoms with van der Waals surface area (Å²) in [6, 6.07) is 21.4. The Balaban J connectivity index is 1.63. The van der Waals surface area contributed by atoms with Crippen molar-refractivity contribution in [2.24, 2.45) is 0 Å². The minimum atomic E-state index is -1.01. The molecule has 0 radical (unpaired) electrons. The number of hydrogen-bond acceptors (Lipinski definition) is 3. The van der Waals surface area contributed by atoms with Crippen LogP contribution >= 0.6 is 0 Å². The fourth-order valence-corrected chi connectivity index (χ4v) is 3.93. The van der Waals surface area contributed by atoms with Gasteiger partial charge in [-0.25, -0.2) is 0 Å². The maximum atomic E-state index is 13.3. The molecule has 0 saturated heterocycles. The summed E-state index contributed by atoms with van der Waals surface area (Å²) in [5, 5.41) is 7.66. The Labute approximate surface area is 176 Å². The highest BCUT2D eigenvalue weighted by Gasteiger charge is 2.47. The normalized spacial score (nSPS) is 18.2. The summed E-state index contributed by atoms with van der Waals surface area (Å²) in [6.07, 6.45) is 0.771. The highest BCUT2D eigenvalue weighted by Crippen LogP contribution is 2.30. The summed E-state index contributed by atoms with van der Waals surface area (Å²) >= 11 is 0. The third-order valence-electron chi connectivity index (χ3n) is 5.60. The molecule has 154 valence electrons. The van der Waals surface area contributed by atoms with Gasteiger partial charge in [0.05, 0.1) is 12.2 Å². The molecule has 1 aliphatic rings. The maximum absolute atomic E-state index is 13.3. The van der Waals surface area contributed by atoms with Gasteiger partial charge < -0.3 is 10.2 Å². The number of fused-ring (bicyclic) bond motifs is 1. The topological polar surface area (TPSA) is 67.2 Å². The van der Waals surface area contributed by atoms with Gasteiger partial charge in [-0.2, -0.15) is 5.10 Å². The van der Waals surface area contributed by atoms with E-state index in [-0.39, 0.29) is 11.8 Å². The quantitative estimate of drug-likeness (QED) is 0.686. The number of rotatable bonds is 6. The molecule has 0 saturated carbocycles. The standard InChI is InChI=1S/C24H26N4O2/c1-3-14-27-22(29)21-15-20(19-12-8-5-9-13-19)26-28(21)17-24(27,2)23(30)25-16-18-10-6-4-7-11-18/h4-13,15H,3,14,16-17H2,1-2H3,(H,25,30)/t24-/m0/s1. The molecular formula is C24H26N4O2. The van der Waals surface area contributed by atoms with Crippen molar-refractivity contribution in [3.8, 4) is 11.3 Å². The van der Waals surface area contributed by atoms with Gasteiger partial charge >= 0.3 is 0 Å². The predicted molar refractivity (Wildman–Crippen MR) is 116 cm³/mol. The van der Waals surface area contributed by atoms with E-state index in [0.717, 1.165) is 23.2 Å². The zero-order valence-corrected chi connectivity index (χ0v) is 17.3. The predicted octanol–water partition coefficient (Wildman–Crippen LogP) is 3.49. The van der Waals surface area contributed by atoms with E-state index in [1.807, 2.05) is 80.6 Å². The van der Waals surface area contributed by atoms with Crippen LogP contribution in [0.5, 0.6) is 0 Å². The van der Waals surface area contributed by atoms with Crippen LogP contribution in [0.25, 0.3) is 11.3 Å². The van der Waals surface area contributed by atoms with Crippen molar-refractivity contribution in [2.75, 3.05) is 6.54 Å². The van der Waals surface area contributed by atoms with Crippen LogP contribution in [0.4, 0.5) is 0 Å². The summed E-state index contributed by atoms with van der Waals surface area (Å²) in [5.41, 5.74) is 2.23. The van der Waals surface area contributed by atoms with Crippen LogP contribution in [-0.4, -0.2) is 38.6 Å². The zero-order valence-electron chi connectivity index (χ0n) is 17.3.